The zero-order valence-electron chi connectivity index (χ0n) is 17.7. The molecule has 0 unspecified atom stereocenters. The Hall–Kier alpha value is -2.27. The summed E-state index contributed by atoms with van der Waals surface area (Å²) in [4.78, 5) is 4.50. The predicted octanol–water partition coefficient (Wildman–Crippen LogP) is 5.86. The van der Waals surface area contributed by atoms with Gasteiger partial charge in [0.15, 0.2) is 0 Å². The minimum Gasteiger partial charge on any atom is -0.489 e. The minimum atomic E-state index is 0.604. The van der Waals surface area contributed by atoms with Gasteiger partial charge >= 0.3 is 0 Å². The van der Waals surface area contributed by atoms with Crippen molar-refractivity contribution in [1.82, 2.24) is 14.9 Å². The first-order valence-electron chi connectivity index (χ1n) is 10.7. The van der Waals surface area contributed by atoms with E-state index in [1.165, 1.54) is 28.5 Å². The molecule has 0 bridgehead atoms. The zero-order valence-corrected chi connectivity index (χ0v) is 19.2. The van der Waals surface area contributed by atoms with Gasteiger partial charge in [-0.25, -0.2) is 0 Å². The van der Waals surface area contributed by atoms with Gasteiger partial charge in [0.25, 0.3) is 0 Å². The molecule has 4 aromatic rings. The molecule has 2 aromatic carbocycles. The van der Waals surface area contributed by atoms with Gasteiger partial charge in [-0.05, 0) is 68.2 Å². The lowest BCUT2D eigenvalue weighted by molar-refractivity contribution is 0.301. The zero-order chi connectivity index (χ0) is 21.6. The highest BCUT2D eigenvalue weighted by Crippen LogP contribution is 2.31. The van der Waals surface area contributed by atoms with Gasteiger partial charge < -0.3 is 14.6 Å². The predicted molar refractivity (Wildman–Crippen MR) is 131 cm³/mol. The summed E-state index contributed by atoms with van der Waals surface area (Å²) in [7, 11) is 0. The van der Waals surface area contributed by atoms with E-state index in [1.54, 1.807) is 0 Å². The second-order valence-electron chi connectivity index (χ2n) is 7.52. The maximum absolute atomic E-state index is 6.33. The largest absolute Gasteiger partial charge is 0.489 e. The Morgan fingerprint density at radius 2 is 1.94 bits per heavy atom. The number of nitrogens with one attached hydrogen (secondary N) is 1. The number of hydrogen-bond acceptors (Lipinski definition) is 3. The highest BCUT2D eigenvalue weighted by atomic mass is 35.5. The molecule has 0 saturated carbocycles. The van der Waals surface area contributed by atoms with Crippen molar-refractivity contribution in [1.29, 1.82) is 0 Å². The highest BCUT2D eigenvalue weighted by Gasteiger charge is 2.18. The maximum atomic E-state index is 6.33. The number of alkyl halides is 1. The van der Waals surface area contributed by atoms with Crippen LogP contribution >= 0.6 is 23.2 Å². The molecule has 1 aliphatic rings. The Morgan fingerprint density at radius 1 is 1.06 bits per heavy atom. The molecule has 0 fully saturated rings. The molecule has 4 nitrogen and oxygen atoms in total. The molecule has 3 heterocycles. The van der Waals surface area contributed by atoms with Gasteiger partial charge in [-0.15, -0.1) is 11.6 Å². The van der Waals surface area contributed by atoms with Crippen molar-refractivity contribution in [2.75, 3.05) is 26.1 Å². The first kappa shape index (κ1) is 21.9. The summed E-state index contributed by atoms with van der Waals surface area (Å²) in [5.41, 5.74) is 5.03. The Labute approximate surface area is 193 Å². The Morgan fingerprint density at radius 3 is 2.84 bits per heavy atom. The molecule has 162 valence electrons. The molecule has 0 atom stereocenters. The average molecular weight is 456 g/mol. The second kappa shape index (κ2) is 10.4. The molecule has 1 N–H and O–H groups in total. The molecule has 31 heavy (non-hydrogen) atoms. The van der Waals surface area contributed by atoms with Crippen LogP contribution in [-0.2, 0) is 19.4 Å². The van der Waals surface area contributed by atoms with Crippen LogP contribution in [-0.4, -0.2) is 35.6 Å². The lowest BCUT2D eigenvalue weighted by atomic mass is 10.0. The summed E-state index contributed by atoms with van der Waals surface area (Å²) in [5, 5.41) is 6.70. The lowest BCUT2D eigenvalue weighted by Crippen LogP contribution is -2.23. The third-order valence-corrected chi connectivity index (χ3v) is 5.97. The maximum Gasteiger partial charge on any atom is 0.145 e. The first-order chi connectivity index (χ1) is 15.3. The summed E-state index contributed by atoms with van der Waals surface area (Å²) in [6, 6.07) is 16.4. The van der Waals surface area contributed by atoms with Crippen LogP contribution in [0.1, 0.15) is 17.7 Å². The van der Waals surface area contributed by atoms with Gasteiger partial charge in [-0.1, -0.05) is 29.8 Å². The van der Waals surface area contributed by atoms with E-state index in [0.717, 1.165) is 60.6 Å². The van der Waals surface area contributed by atoms with Crippen LogP contribution in [0.2, 0.25) is 5.02 Å². The van der Waals surface area contributed by atoms with Gasteiger partial charge in [0.05, 0.1) is 6.54 Å². The normalized spacial score (nSPS) is 13.8. The van der Waals surface area contributed by atoms with Gasteiger partial charge in [-0.2, -0.15) is 0 Å². The fourth-order valence-electron chi connectivity index (χ4n) is 4.43. The molecular formula is C25H27Cl2N3O. The van der Waals surface area contributed by atoms with Crippen molar-refractivity contribution in [3.05, 3.63) is 71.0 Å². The number of pyridine rings is 1. The molecule has 2 aromatic heterocycles. The number of para-hydroxylation sites is 1. The third kappa shape index (κ3) is 4.67. The van der Waals surface area contributed by atoms with Crippen molar-refractivity contribution in [2.45, 2.75) is 25.8 Å². The van der Waals surface area contributed by atoms with Gasteiger partial charge in [0, 0.05) is 39.6 Å². The van der Waals surface area contributed by atoms with Crippen molar-refractivity contribution in [2.24, 2.45) is 0 Å². The summed E-state index contributed by atoms with van der Waals surface area (Å²) < 4.78 is 8.63. The second-order valence-corrected chi connectivity index (χ2v) is 7.96. The van der Waals surface area contributed by atoms with Gasteiger partial charge in [-0.3, -0.25) is 4.98 Å². The number of ether oxygens (including phenoxy) is 1. The van der Waals surface area contributed by atoms with Crippen LogP contribution in [0, 0.1) is 0 Å². The van der Waals surface area contributed by atoms with Gasteiger partial charge in [0.1, 0.15) is 17.9 Å². The average Bonchev–Trinajstić information content (AvgIpc) is 3.06. The van der Waals surface area contributed by atoms with E-state index < -0.39 is 0 Å². The molecule has 6 heteroatoms. The number of halogens is 2. The molecule has 1 aliphatic heterocycles. The fraction of sp³-hybridized carbons (Fsp3) is 0.320. The van der Waals surface area contributed by atoms with E-state index in [-0.39, 0.29) is 0 Å². The third-order valence-electron chi connectivity index (χ3n) is 5.74. The number of aromatic nitrogens is 2. The molecule has 0 aliphatic carbocycles. The van der Waals surface area contributed by atoms with E-state index in [1.807, 2.05) is 30.5 Å². The number of hydrogen-bond donors (Lipinski definition) is 1. The topological polar surface area (TPSA) is 39.1 Å². The standard InChI is InChI=1S/C24H24ClN3O.CH3Cl/c25-18-8-9-22-20(16-18)19-10-13-26-11-3-6-21(19)28(22)14-15-29-23-7-1-4-17-5-2-12-27-24(17)23;1-2/h1-2,4-5,7-9,12,16,26H,3,6,10-11,13-15H2;1H3. The van der Waals surface area contributed by atoms with E-state index in [4.69, 9.17) is 16.3 Å². The van der Waals surface area contributed by atoms with Crippen molar-refractivity contribution in [3.63, 3.8) is 0 Å². The SMILES string of the molecule is CCl.Clc1ccc2c(c1)c1c(n2CCOc2cccc3cccnc23)CCCNCC1. The molecular weight excluding hydrogens is 429 g/mol. The van der Waals surface area contributed by atoms with Crippen LogP contribution in [0.5, 0.6) is 5.75 Å². The number of nitrogens with zero attached hydrogens (tertiary/aromatic N) is 2. The summed E-state index contributed by atoms with van der Waals surface area (Å²) in [5.74, 6) is 0.842. The van der Waals surface area contributed by atoms with Crippen LogP contribution in [0.4, 0.5) is 0 Å². The molecule has 0 radical (unpaired) electrons. The van der Waals surface area contributed by atoms with Crippen LogP contribution in [0.15, 0.2) is 54.7 Å². The fourth-order valence-corrected chi connectivity index (χ4v) is 4.60. The lowest BCUT2D eigenvalue weighted by Gasteiger charge is -2.16. The Kier molecular flexibility index (Phi) is 7.33. The van der Waals surface area contributed by atoms with E-state index in [9.17, 15) is 0 Å². The summed E-state index contributed by atoms with van der Waals surface area (Å²) in [6.45, 7) is 3.49. The Bertz CT molecular complexity index is 1170. The highest BCUT2D eigenvalue weighted by molar-refractivity contribution is 6.31. The monoisotopic (exact) mass is 455 g/mol. The number of rotatable bonds is 4. The summed E-state index contributed by atoms with van der Waals surface area (Å²) >= 11 is 11.0. The molecule has 0 amide bonds. The first-order valence-corrected chi connectivity index (χ1v) is 11.8. The van der Waals surface area contributed by atoms with Crippen LogP contribution < -0.4 is 10.1 Å². The quantitative estimate of drug-likeness (QED) is 0.392. The minimum absolute atomic E-state index is 0.604. The van der Waals surface area contributed by atoms with E-state index >= 15 is 0 Å². The molecule has 0 saturated heterocycles. The summed E-state index contributed by atoms with van der Waals surface area (Å²) in [6.07, 6.45) is 6.54. The van der Waals surface area contributed by atoms with E-state index in [2.05, 4.69) is 50.7 Å². The van der Waals surface area contributed by atoms with Crippen molar-refractivity contribution in [3.8, 4) is 5.75 Å². The smallest absolute Gasteiger partial charge is 0.145 e. The van der Waals surface area contributed by atoms with Crippen LogP contribution in [0.3, 0.4) is 0 Å². The van der Waals surface area contributed by atoms with Gasteiger partial charge in [0.2, 0.25) is 0 Å². The Balaban J connectivity index is 0.00000112. The van der Waals surface area contributed by atoms with E-state index in [0.29, 0.717) is 6.61 Å². The van der Waals surface area contributed by atoms with Crippen molar-refractivity contribution < 1.29 is 4.74 Å². The number of fused-ring (bicyclic) bond motifs is 4. The van der Waals surface area contributed by atoms with Crippen molar-refractivity contribution >= 4 is 45.0 Å². The molecule has 5 rings (SSSR count). The van der Waals surface area contributed by atoms with Crippen LogP contribution in [0.25, 0.3) is 21.8 Å². The number of benzene rings is 2. The molecule has 0 spiro atoms.